The standard InChI is InChI=1S/C12H18O3/c1-6-8(12(3,4)5)7(2)10(14)11(15)9(6)13/h13-15H,1-5H3. The van der Waals surface area contributed by atoms with Crippen LogP contribution in [0, 0.1) is 13.8 Å². The lowest BCUT2D eigenvalue weighted by atomic mass is 9.80. The Hall–Kier alpha value is -1.38. The van der Waals surface area contributed by atoms with Crippen LogP contribution in [0.3, 0.4) is 0 Å². The molecule has 0 saturated heterocycles. The molecule has 1 aromatic carbocycles. The van der Waals surface area contributed by atoms with E-state index in [1.54, 1.807) is 13.8 Å². The molecule has 0 aromatic heterocycles. The Morgan fingerprint density at radius 2 is 1.07 bits per heavy atom. The minimum Gasteiger partial charge on any atom is -0.504 e. The zero-order valence-electron chi connectivity index (χ0n) is 9.84. The van der Waals surface area contributed by atoms with Crippen molar-refractivity contribution < 1.29 is 15.3 Å². The van der Waals surface area contributed by atoms with Crippen molar-refractivity contribution in [1.29, 1.82) is 0 Å². The van der Waals surface area contributed by atoms with E-state index in [0.29, 0.717) is 11.1 Å². The number of hydrogen-bond donors (Lipinski definition) is 3. The molecule has 0 amide bonds. The molecular formula is C12H18O3. The second-order valence-corrected chi connectivity index (χ2v) is 4.92. The molecule has 0 fully saturated rings. The lowest BCUT2D eigenvalue weighted by molar-refractivity contribution is 0.360. The first kappa shape index (κ1) is 11.7. The number of phenolic OH excluding ortho intramolecular Hbond substituents is 3. The molecule has 0 spiro atoms. The Morgan fingerprint density at radius 3 is 1.33 bits per heavy atom. The van der Waals surface area contributed by atoms with Crippen molar-refractivity contribution >= 4 is 0 Å². The van der Waals surface area contributed by atoms with Gasteiger partial charge in [0.1, 0.15) is 0 Å². The van der Waals surface area contributed by atoms with E-state index < -0.39 is 5.75 Å². The van der Waals surface area contributed by atoms with E-state index in [0.717, 1.165) is 5.56 Å². The fourth-order valence-electron chi connectivity index (χ4n) is 2.11. The van der Waals surface area contributed by atoms with Gasteiger partial charge in [0.15, 0.2) is 11.5 Å². The molecule has 0 bridgehead atoms. The second kappa shape index (κ2) is 3.33. The van der Waals surface area contributed by atoms with Crippen molar-refractivity contribution in [1.82, 2.24) is 0 Å². The van der Waals surface area contributed by atoms with Crippen LogP contribution in [0.5, 0.6) is 17.2 Å². The maximum absolute atomic E-state index is 9.65. The molecule has 0 atom stereocenters. The van der Waals surface area contributed by atoms with Gasteiger partial charge in [-0.2, -0.15) is 0 Å². The quantitative estimate of drug-likeness (QED) is 0.577. The van der Waals surface area contributed by atoms with E-state index in [9.17, 15) is 15.3 Å². The van der Waals surface area contributed by atoms with Crippen LogP contribution < -0.4 is 0 Å². The zero-order chi connectivity index (χ0) is 12.0. The van der Waals surface area contributed by atoms with Gasteiger partial charge in [0.2, 0.25) is 5.75 Å². The second-order valence-electron chi connectivity index (χ2n) is 4.92. The SMILES string of the molecule is Cc1c(O)c(O)c(O)c(C)c1C(C)(C)C. The number of hydrogen-bond acceptors (Lipinski definition) is 3. The van der Waals surface area contributed by atoms with Gasteiger partial charge >= 0.3 is 0 Å². The van der Waals surface area contributed by atoms with Gasteiger partial charge in [-0.05, 0) is 36.0 Å². The van der Waals surface area contributed by atoms with E-state index in [-0.39, 0.29) is 16.9 Å². The molecule has 0 unspecified atom stereocenters. The summed E-state index contributed by atoms with van der Waals surface area (Å²) in [7, 11) is 0. The van der Waals surface area contributed by atoms with Crippen LogP contribution in [0.4, 0.5) is 0 Å². The van der Waals surface area contributed by atoms with Crippen LogP contribution in [0.1, 0.15) is 37.5 Å². The molecule has 0 saturated carbocycles. The predicted octanol–water partition coefficient (Wildman–Crippen LogP) is 2.72. The third-order valence-corrected chi connectivity index (χ3v) is 2.66. The molecule has 0 aliphatic rings. The monoisotopic (exact) mass is 210 g/mol. The minimum absolute atomic E-state index is 0.184. The highest BCUT2D eigenvalue weighted by molar-refractivity contribution is 5.62. The van der Waals surface area contributed by atoms with E-state index >= 15 is 0 Å². The molecule has 1 rings (SSSR count). The Kier molecular flexibility index (Phi) is 2.60. The largest absolute Gasteiger partial charge is 0.504 e. The number of phenols is 3. The Morgan fingerprint density at radius 1 is 0.733 bits per heavy atom. The third-order valence-electron chi connectivity index (χ3n) is 2.66. The smallest absolute Gasteiger partial charge is 0.200 e. The summed E-state index contributed by atoms with van der Waals surface area (Å²) < 4.78 is 0. The zero-order valence-corrected chi connectivity index (χ0v) is 9.84. The normalized spacial score (nSPS) is 11.8. The molecule has 0 radical (unpaired) electrons. The van der Waals surface area contributed by atoms with Crippen LogP contribution in [0.25, 0.3) is 0 Å². The highest BCUT2D eigenvalue weighted by Gasteiger charge is 2.25. The molecular weight excluding hydrogens is 192 g/mol. The topological polar surface area (TPSA) is 60.7 Å². The average Bonchev–Trinajstić information content (AvgIpc) is 2.09. The number of benzene rings is 1. The highest BCUT2D eigenvalue weighted by Crippen LogP contribution is 2.45. The Labute approximate surface area is 90.0 Å². The van der Waals surface area contributed by atoms with Crippen LogP contribution in [0.2, 0.25) is 0 Å². The van der Waals surface area contributed by atoms with Crippen molar-refractivity contribution in [3.8, 4) is 17.2 Å². The summed E-state index contributed by atoms with van der Waals surface area (Å²) in [6.07, 6.45) is 0. The average molecular weight is 210 g/mol. The summed E-state index contributed by atoms with van der Waals surface area (Å²) in [5, 5.41) is 28.7. The van der Waals surface area contributed by atoms with Gasteiger partial charge < -0.3 is 15.3 Å². The summed E-state index contributed by atoms with van der Waals surface area (Å²) in [5.41, 5.74) is 1.93. The van der Waals surface area contributed by atoms with Crippen molar-refractivity contribution in [3.05, 3.63) is 16.7 Å². The summed E-state index contributed by atoms with van der Waals surface area (Å²) in [4.78, 5) is 0. The van der Waals surface area contributed by atoms with Gasteiger partial charge in [0, 0.05) is 0 Å². The first-order valence-corrected chi connectivity index (χ1v) is 4.92. The number of aromatic hydroxyl groups is 3. The van der Waals surface area contributed by atoms with Gasteiger partial charge in [-0.1, -0.05) is 20.8 Å². The summed E-state index contributed by atoms with van der Waals surface area (Å²) in [6.45, 7) is 9.47. The molecule has 1 aromatic rings. The lowest BCUT2D eigenvalue weighted by Gasteiger charge is -2.25. The van der Waals surface area contributed by atoms with E-state index in [4.69, 9.17) is 0 Å². The van der Waals surface area contributed by atoms with E-state index in [2.05, 4.69) is 0 Å². The molecule has 15 heavy (non-hydrogen) atoms. The van der Waals surface area contributed by atoms with Gasteiger partial charge in [-0.15, -0.1) is 0 Å². The van der Waals surface area contributed by atoms with Gasteiger partial charge in [-0.25, -0.2) is 0 Å². The van der Waals surface area contributed by atoms with Gasteiger partial charge in [-0.3, -0.25) is 0 Å². The summed E-state index contributed by atoms with van der Waals surface area (Å²) in [5.74, 6) is -0.899. The summed E-state index contributed by atoms with van der Waals surface area (Å²) >= 11 is 0. The lowest BCUT2D eigenvalue weighted by Crippen LogP contribution is -2.15. The fraction of sp³-hybridized carbons (Fsp3) is 0.500. The Bertz CT molecular complexity index is 371. The van der Waals surface area contributed by atoms with Gasteiger partial charge in [0.05, 0.1) is 0 Å². The summed E-state index contributed by atoms with van der Waals surface area (Å²) in [6, 6.07) is 0. The van der Waals surface area contributed by atoms with Crippen LogP contribution in [-0.2, 0) is 5.41 Å². The molecule has 0 aliphatic heterocycles. The molecule has 3 heteroatoms. The first-order chi connectivity index (χ1) is 6.68. The first-order valence-electron chi connectivity index (χ1n) is 4.92. The number of rotatable bonds is 0. The maximum atomic E-state index is 9.65. The third kappa shape index (κ3) is 1.74. The van der Waals surface area contributed by atoms with E-state index in [1.165, 1.54) is 0 Å². The van der Waals surface area contributed by atoms with Crippen molar-refractivity contribution in [2.45, 2.75) is 40.0 Å². The maximum Gasteiger partial charge on any atom is 0.200 e. The molecule has 0 heterocycles. The molecule has 84 valence electrons. The molecule has 3 nitrogen and oxygen atoms in total. The minimum atomic E-state index is -0.432. The van der Waals surface area contributed by atoms with E-state index in [1.807, 2.05) is 20.8 Å². The predicted molar refractivity (Wildman–Crippen MR) is 59.6 cm³/mol. The van der Waals surface area contributed by atoms with Gasteiger partial charge in [0.25, 0.3) is 0 Å². The highest BCUT2D eigenvalue weighted by atomic mass is 16.3. The van der Waals surface area contributed by atoms with Crippen LogP contribution in [0.15, 0.2) is 0 Å². The van der Waals surface area contributed by atoms with Crippen molar-refractivity contribution in [3.63, 3.8) is 0 Å². The van der Waals surface area contributed by atoms with Crippen LogP contribution >= 0.6 is 0 Å². The fourth-order valence-corrected chi connectivity index (χ4v) is 2.11. The van der Waals surface area contributed by atoms with Crippen LogP contribution in [-0.4, -0.2) is 15.3 Å². The van der Waals surface area contributed by atoms with Crippen molar-refractivity contribution in [2.75, 3.05) is 0 Å². The van der Waals surface area contributed by atoms with Crippen molar-refractivity contribution in [2.24, 2.45) is 0 Å². The molecule has 3 N–H and O–H groups in total. The Balaban J connectivity index is 3.68. The molecule has 0 aliphatic carbocycles.